The summed E-state index contributed by atoms with van der Waals surface area (Å²) in [6.45, 7) is 8.38. The van der Waals surface area contributed by atoms with Crippen LogP contribution in [0.5, 0.6) is 5.75 Å². The van der Waals surface area contributed by atoms with Crippen molar-refractivity contribution in [3.63, 3.8) is 0 Å². The van der Waals surface area contributed by atoms with Crippen LogP contribution in [-0.4, -0.2) is 32.0 Å². The number of rotatable bonds is 3. The highest BCUT2D eigenvalue weighted by atomic mass is 32.2. The number of sulfonamides is 1. The standard InChI is InChI=1S/C26H29N3O4S/c1-16(2)11-20-15-33-21-13-23(25-17(3)7-5-8-18(25)4)28-24(14-21)29-34(31,32)22-10-6-9-19(12-22)26(30)27-20/h5-10,12-14,16,20H,11,15H2,1-4H3,(H,27,30)(H,28,29)/t20-/m1/s1. The number of aryl methyl sites for hydroxylation is 2. The van der Waals surface area contributed by atoms with Crippen molar-refractivity contribution in [1.82, 2.24) is 10.3 Å². The van der Waals surface area contributed by atoms with Gasteiger partial charge in [-0.1, -0.05) is 38.1 Å². The number of hydrogen-bond acceptors (Lipinski definition) is 5. The fraction of sp³-hybridized carbons (Fsp3) is 0.308. The Morgan fingerprint density at radius 3 is 2.47 bits per heavy atom. The molecule has 4 rings (SSSR count). The van der Waals surface area contributed by atoms with E-state index in [0.717, 1.165) is 16.7 Å². The van der Waals surface area contributed by atoms with Gasteiger partial charge in [-0.3, -0.25) is 9.52 Å². The summed E-state index contributed by atoms with van der Waals surface area (Å²) in [6.07, 6.45) is 0.712. The van der Waals surface area contributed by atoms with Gasteiger partial charge >= 0.3 is 0 Å². The van der Waals surface area contributed by atoms with E-state index < -0.39 is 10.0 Å². The van der Waals surface area contributed by atoms with Crippen LogP contribution in [0.4, 0.5) is 5.82 Å². The lowest BCUT2D eigenvalue weighted by Crippen LogP contribution is -2.40. The average Bonchev–Trinajstić information content (AvgIpc) is 2.76. The molecule has 2 heterocycles. The normalized spacial score (nSPS) is 17.4. The minimum absolute atomic E-state index is 0.0125. The van der Waals surface area contributed by atoms with Crippen molar-refractivity contribution in [2.24, 2.45) is 5.92 Å². The number of anilines is 1. The number of carbonyl (C=O) groups excluding carboxylic acids is 1. The third-order valence-corrected chi connectivity index (χ3v) is 7.08. The van der Waals surface area contributed by atoms with Crippen LogP contribution < -0.4 is 14.8 Å². The molecule has 2 N–H and O–H groups in total. The Balaban J connectivity index is 1.85. The van der Waals surface area contributed by atoms with Gasteiger partial charge in [-0.05, 0) is 55.5 Å². The van der Waals surface area contributed by atoms with Gasteiger partial charge in [-0.15, -0.1) is 0 Å². The minimum atomic E-state index is -3.98. The first-order valence-electron chi connectivity index (χ1n) is 11.3. The van der Waals surface area contributed by atoms with Gasteiger partial charge in [0.25, 0.3) is 15.9 Å². The van der Waals surface area contributed by atoms with E-state index in [4.69, 9.17) is 4.74 Å². The molecule has 1 atom stereocenters. The van der Waals surface area contributed by atoms with E-state index in [1.165, 1.54) is 12.1 Å². The highest BCUT2D eigenvalue weighted by Gasteiger charge is 2.22. The molecular weight excluding hydrogens is 450 g/mol. The second kappa shape index (κ2) is 9.46. The smallest absolute Gasteiger partial charge is 0.263 e. The summed E-state index contributed by atoms with van der Waals surface area (Å²) in [5.41, 5.74) is 3.85. The van der Waals surface area contributed by atoms with E-state index in [1.807, 2.05) is 32.0 Å². The number of ether oxygens (including phenoxy) is 1. The second-order valence-electron chi connectivity index (χ2n) is 9.08. The number of aromatic nitrogens is 1. The number of benzene rings is 2. The Morgan fingerprint density at radius 1 is 1.06 bits per heavy atom. The number of nitrogens with one attached hydrogen (secondary N) is 2. The molecule has 0 radical (unpaired) electrons. The Kier molecular flexibility index (Phi) is 6.61. The quantitative estimate of drug-likeness (QED) is 0.567. The van der Waals surface area contributed by atoms with Gasteiger partial charge in [0.1, 0.15) is 18.2 Å². The van der Waals surface area contributed by atoms with Crippen LogP contribution in [-0.2, 0) is 10.0 Å². The van der Waals surface area contributed by atoms with E-state index in [-0.39, 0.29) is 34.8 Å². The van der Waals surface area contributed by atoms with Crippen molar-refractivity contribution in [2.75, 3.05) is 11.3 Å². The first-order chi connectivity index (χ1) is 16.1. The summed E-state index contributed by atoms with van der Waals surface area (Å²) in [7, 11) is -3.98. The summed E-state index contributed by atoms with van der Waals surface area (Å²) < 4.78 is 35.0. The van der Waals surface area contributed by atoms with Crippen molar-refractivity contribution >= 4 is 21.7 Å². The van der Waals surface area contributed by atoms with Crippen LogP contribution in [0, 0.1) is 19.8 Å². The van der Waals surface area contributed by atoms with Crippen molar-refractivity contribution in [1.29, 1.82) is 0 Å². The summed E-state index contributed by atoms with van der Waals surface area (Å²) in [5.74, 6) is 0.613. The lowest BCUT2D eigenvalue weighted by molar-refractivity contribution is 0.0914. The topological polar surface area (TPSA) is 97.4 Å². The predicted molar refractivity (Wildman–Crippen MR) is 133 cm³/mol. The predicted octanol–water partition coefficient (Wildman–Crippen LogP) is 4.70. The Labute approximate surface area is 200 Å². The van der Waals surface area contributed by atoms with Crippen LogP contribution in [0.1, 0.15) is 41.8 Å². The van der Waals surface area contributed by atoms with Crippen molar-refractivity contribution in [3.8, 4) is 17.0 Å². The summed E-state index contributed by atoms with van der Waals surface area (Å²) in [6, 6.07) is 15.1. The van der Waals surface area contributed by atoms with Crippen molar-refractivity contribution < 1.29 is 17.9 Å². The number of hydrogen-bond donors (Lipinski definition) is 2. The molecule has 8 heteroatoms. The SMILES string of the molecule is Cc1cccc(C)c1-c1cc2cc(n1)NS(=O)(=O)c1cccc(c1)C(=O)N[C@H](CC(C)C)CO2. The molecule has 34 heavy (non-hydrogen) atoms. The third-order valence-electron chi connectivity index (χ3n) is 5.72. The van der Waals surface area contributed by atoms with Crippen LogP contribution >= 0.6 is 0 Å². The zero-order valence-corrected chi connectivity index (χ0v) is 20.6. The van der Waals surface area contributed by atoms with Crippen molar-refractivity contribution in [2.45, 2.75) is 45.1 Å². The molecule has 0 spiro atoms. The summed E-state index contributed by atoms with van der Waals surface area (Å²) in [5, 5.41) is 3.00. The van der Waals surface area contributed by atoms with Crippen LogP contribution in [0.3, 0.4) is 0 Å². The largest absolute Gasteiger partial charge is 0.491 e. The van der Waals surface area contributed by atoms with Gasteiger partial charge in [0.2, 0.25) is 0 Å². The molecule has 1 aliphatic rings. The zero-order chi connectivity index (χ0) is 24.5. The lowest BCUT2D eigenvalue weighted by Gasteiger charge is -2.21. The van der Waals surface area contributed by atoms with E-state index in [1.54, 1.807) is 24.3 Å². The maximum Gasteiger partial charge on any atom is 0.263 e. The van der Waals surface area contributed by atoms with E-state index in [0.29, 0.717) is 23.8 Å². The van der Waals surface area contributed by atoms with Gasteiger partial charge in [0, 0.05) is 23.3 Å². The van der Waals surface area contributed by atoms with Crippen LogP contribution in [0.25, 0.3) is 11.3 Å². The van der Waals surface area contributed by atoms with E-state index >= 15 is 0 Å². The number of amides is 1. The van der Waals surface area contributed by atoms with Crippen LogP contribution in [0.15, 0.2) is 59.5 Å². The molecule has 4 bridgehead atoms. The van der Waals surface area contributed by atoms with E-state index in [2.05, 4.69) is 28.9 Å². The average molecular weight is 480 g/mol. The van der Waals surface area contributed by atoms with E-state index in [9.17, 15) is 13.2 Å². The Hall–Kier alpha value is -3.39. The number of fused-ring (bicyclic) bond motifs is 4. The number of carbonyl (C=O) groups is 1. The van der Waals surface area contributed by atoms with Gasteiger partial charge in [0.15, 0.2) is 0 Å². The maximum atomic E-state index is 13.1. The summed E-state index contributed by atoms with van der Waals surface area (Å²) >= 11 is 0. The minimum Gasteiger partial charge on any atom is -0.491 e. The number of nitrogens with zero attached hydrogens (tertiary/aromatic N) is 1. The van der Waals surface area contributed by atoms with Gasteiger partial charge < -0.3 is 10.1 Å². The molecular formula is C26H29N3O4S. The lowest BCUT2D eigenvalue weighted by atomic mass is 9.99. The molecule has 1 aromatic heterocycles. The zero-order valence-electron chi connectivity index (χ0n) is 19.8. The number of pyridine rings is 1. The molecule has 0 unspecified atom stereocenters. The Bertz CT molecular complexity index is 1320. The summed E-state index contributed by atoms with van der Waals surface area (Å²) in [4.78, 5) is 17.5. The fourth-order valence-electron chi connectivity index (χ4n) is 4.19. The Morgan fingerprint density at radius 2 is 1.76 bits per heavy atom. The first-order valence-corrected chi connectivity index (χ1v) is 12.8. The molecule has 1 amide bonds. The van der Waals surface area contributed by atoms with Gasteiger partial charge in [-0.2, -0.15) is 0 Å². The van der Waals surface area contributed by atoms with Gasteiger partial charge in [0.05, 0.1) is 16.6 Å². The monoisotopic (exact) mass is 479 g/mol. The molecule has 0 fully saturated rings. The molecule has 2 aromatic carbocycles. The molecule has 0 saturated carbocycles. The highest BCUT2D eigenvalue weighted by molar-refractivity contribution is 7.92. The maximum absolute atomic E-state index is 13.1. The first kappa shape index (κ1) is 23.8. The molecule has 0 aliphatic carbocycles. The molecule has 178 valence electrons. The second-order valence-corrected chi connectivity index (χ2v) is 10.8. The third kappa shape index (κ3) is 5.22. The molecule has 1 aliphatic heterocycles. The van der Waals surface area contributed by atoms with Crippen LogP contribution in [0.2, 0.25) is 0 Å². The molecule has 7 nitrogen and oxygen atoms in total. The molecule has 0 saturated heterocycles. The highest BCUT2D eigenvalue weighted by Crippen LogP contribution is 2.31. The van der Waals surface area contributed by atoms with Crippen molar-refractivity contribution in [3.05, 3.63) is 71.3 Å². The molecule has 3 aromatic rings. The fourth-order valence-corrected chi connectivity index (χ4v) is 5.23. The van der Waals surface area contributed by atoms with Gasteiger partial charge in [-0.25, -0.2) is 13.4 Å².